The SMILES string of the molecule is CCc1c2[nH]c(c1CC)C=c1[nH]c(c(CC)c1CC)=Cc1[nH]c(cc1Br)C=c1[nH]c(c(CC)c1CC)=C2. The van der Waals surface area contributed by atoms with Gasteiger partial charge in [-0.3, -0.25) is 0 Å². The highest BCUT2D eigenvalue weighted by molar-refractivity contribution is 9.10. The summed E-state index contributed by atoms with van der Waals surface area (Å²) in [4.78, 5) is 15.1. The van der Waals surface area contributed by atoms with E-state index in [0.717, 1.165) is 54.4 Å². The molecule has 0 saturated carbocycles. The minimum Gasteiger partial charge on any atom is -0.355 e. The van der Waals surface area contributed by atoms with E-state index >= 15 is 0 Å². The van der Waals surface area contributed by atoms with Crippen molar-refractivity contribution in [3.05, 3.63) is 88.1 Å². The van der Waals surface area contributed by atoms with Crippen LogP contribution in [0.15, 0.2) is 10.5 Å². The van der Waals surface area contributed by atoms with E-state index < -0.39 is 0 Å². The molecule has 1 aliphatic heterocycles. The van der Waals surface area contributed by atoms with Crippen LogP contribution in [0.2, 0.25) is 0 Å². The number of nitrogens with one attached hydrogen (secondary N) is 4. The highest BCUT2D eigenvalue weighted by Gasteiger charge is 2.16. The second-order valence-electron chi connectivity index (χ2n) is 9.91. The molecule has 0 spiro atoms. The van der Waals surface area contributed by atoms with Crippen LogP contribution in [0.3, 0.4) is 0 Å². The maximum Gasteiger partial charge on any atom is 0.0550 e. The lowest BCUT2D eigenvalue weighted by molar-refractivity contribution is 1.04. The quantitative estimate of drug-likeness (QED) is 0.232. The van der Waals surface area contributed by atoms with Crippen LogP contribution in [0, 0.1) is 0 Å². The van der Waals surface area contributed by atoms with Gasteiger partial charge in [0.1, 0.15) is 0 Å². The van der Waals surface area contributed by atoms with Crippen LogP contribution in [0.25, 0.3) is 24.3 Å². The predicted molar refractivity (Wildman–Crippen MR) is 160 cm³/mol. The Bertz CT molecular complexity index is 1700. The summed E-state index contributed by atoms with van der Waals surface area (Å²) in [6.07, 6.45) is 15.2. The Kier molecular flexibility index (Phi) is 7.26. The molecule has 8 bridgehead atoms. The van der Waals surface area contributed by atoms with Gasteiger partial charge in [0.25, 0.3) is 0 Å². The van der Waals surface area contributed by atoms with Crippen molar-refractivity contribution >= 4 is 40.2 Å². The van der Waals surface area contributed by atoms with Crippen LogP contribution < -0.4 is 21.4 Å². The molecule has 0 atom stereocenters. The van der Waals surface area contributed by atoms with Crippen LogP contribution in [0.1, 0.15) is 97.7 Å². The van der Waals surface area contributed by atoms with Gasteiger partial charge in [-0.25, -0.2) is 0 Å². The second kappa shape index (κ2) is 10.4. The molecular weight excluding hydrogens is 520 g/mol. The van der Waals surface area contributed by atoms with Gasteiger partial charge >= 0.3 is 0 Å². The zero-order valence-electron chi connectivity index (χ0n) is 23.0. The zero-order chi connectivity index (χ0) is 26.3. The molecule has 0 aromatic carbocycles. The lowest BCUT2D eigenvalue weighted by Crippen LogP contribution is -2.13. The Morgan fingerprint density at radius 2 is 0.838 bits per heavy atom. The van der Waals surface area contributed by atoms with Gasteiger partial charge in [-0.15, -0.1) is 0 Å². The number of aromatic nitrogens is 4. The third-order valence-corrected chi connectivity index (χ3v) is 8.61. The van der Waals surface area contributed by atoms with Crippen LogP contribution in [-0.4, -0.2) is 19.9 Å². The van der Waals surface area contributed by atoms with Gasteiger partial charge < -0.3 is 19.9 Å². The molecule has 4 aromatic rings. The van der Waals surface area contributed by atoms with E-state index in [9.17, 15) is 0 Å². The number of fused-ring (bicyclic) bond motifs is 8. The van der Waals surface area contributed by atoms with Crippen LogP contribution in [0.5, 0.6) is 0 Å². The maximum absolute atomic E-state index is 3.83. The summed E-state index contributed by atoms with van der Waals surface area (Å²) in [5.74, 6) is 0. The fourth-order valence-electron chi connectivity index (χ4n) is 6.26. The molecule has 1 aliphatic rings. The number of halogens is 1. The molecule has 0 amide bonds. The van der Waals surface area contributed by atoms with Gasteiger partial charge in [-0.1, -0.05) is 41.5 Å². The first-order chi connectivity index (χ1) is 18.0. The molecule has 4 aromatic heterocycles. The molecular formula is C32H39BrN4. The molecule has 194 valence electrons. The smallest absolute Gasteiger partial charge is 0.0550 e. The molecule has 5 rings (SSSR count). The predicted octanol–water partition coefficient (Wildman–Crippen LogP) is 4.76. The van der Waals surface area contributed by atoms with Crippen molar-refractivity contribution in [3.8, 4) is 0 Å². The van der Waals surface area contributed by atoms with Crippen molar-refractivity contribution in [1.82, 2.24) is 19.9 Å². The van der Waals surface area contributed by atoms with Gasteiger partial charge in [0.2, 0.25) is 0 Å². The summed E-state index contributed by atoms with van der Waals surface area (Å²) < 4.78 is 1.07. The van der Waals surface area contributed by atoms with E-state index in [-0.39, 0.29) is 0 Å². The number of aromatic amines is 4. The summed E-state index contributed by atoms with van der Waals surface area (Å²) in [5, 5.41) is 4.80. The van der Waals surface area contributed by atoms with E-state index in [0.29, 0.717) is 0 Å². The van der Waals surface area contributed by atoms with Gasteiger partial charge in [-0.05, 0) is 118 Å². The number of H-pyrrole nitrogens is 4. The van der Waals surface area contributed by atoms with E-state index in [1.165, 1.54) is 66.2 Å². The lowest BCUT2D eigenvalue weighted by atomic mass is 10.0. The van der Waals surface area contributed by atoms with Gasteiger partial charge in [0.05, 0.1) is 5.69 Å². The van der Waals surface area contributed by atoms with Crippen molar-refractivity contribution in [2.45, 2.75) is 80.1 Å². The normalized spacial score (nSPS) is 12.6. The minimum atomic E-state index is 0.992. The fourth-order valence-corrected chi connectivity index (χ4v) is 6.72. The van der Waals surface area contributed by atoms with Crippen molar-refractivity contribution in [2.24, 2.45) is 0 Å². The summed E-state index contributed by atoms with van der Waals surface area (Å²) in [5.41, 5.74) is 13.1. The first-order valence-electron chi connectivity index (χ1n) is 13.9. The Hall–Kier alpha value is -2.92. The van der Waals surface area contributed by atoms with E-state index in [2.05, 4.69) is 108 Å². The second-order valence-corrected chi connectivity index (χ2v) is 10.8. The third-order valence-electron chi connectivity index (χ3n) is 7.96. The van der Waals surface area contributed by atoms with Crippen LogP contribution in [0.4, 0.5) is 0 Å². The van der Waals surface area contributed by atoms with Crippen LogP contribution >= 0.6 is 15.9 Å². The maximum atomic E-state index is 3.83. The molecule has 37 heavy (non-hydrogen) atoms. The molecule has 0 unspecified atom stereocenters. The molecule has 5 heterocycles. The zero-order valence-corrected chi connectivity index (χ0v) is 24.6. The fraction of sp³-hybridized carbons (Fsp3) is 0.375. The molecule has 5 heteroatoms. The Morgan fingerprint density at radius 1 is 0.459 bits per heavy atom. The van der Waals surface area contributed by atoms with Gasteiger partial charge in [0, 0.05) is 43.0 Å². The van der Waals surface area contributed by atoms with E-state index in [4.69, 9.17) is 0 Å². The van der Waals surface area contributed by atoms with Crippen molar-refractivity contribution in [3.63, 3.8) is 0 Å². The number of hydrogen-bond acceptors (Lipinski definition) is 0. The van der Waals surface area contributed by atoms with Crippen molar-refractivity contribution < 1.29 is 0 Å². The standard InChI is InChI=1S/C32H39BrN4/c1-7-19-20(8-2)27-15-28-21(9-3)22(10-4)29(36-28)16-30-23(11-5)24(12-6)31(37-30)17-32-25(33)13-18(34-32)14-26(19)35-27/h13-17,34-37H,7-12H2,1-6H3. The third kappa shape index (κ3) is 4.41. The summed E-state index contributed by atoms with van der Waals surface area (Å²) >= 11 is 3.81. The Morgan fingerprint density at radius 3 is 1.24 bits per heavy atom. The molecule has 0 fully saturated rings. The highest BCUT2D eigenvalue weighted by atomic mass is 79.9. The summed E-state index contributed by atoms with van der Waals surface area (Å²) in [6, 6.07) is 2.18. The van der Waals surface area contributed by atoms with E-state index in [1.54, 1.807) is 0 Å². The van der Waals surface area contributed by atoms with Crippen LogP contribution in [-0.2, 0) is 38.5 Å². The topological polar surface area (TPSA) is 63.2 Å². The lowest BCUT2D eigenvalue weighted by Gasteiger charge is -2.01. The van der Waals surface area contributed by atoms with Crippen molar-refractivity contribution in [1.29, 1.82) is 0 Å². The Balaban J connectivity index is 1.96. The van der Waals surface area contributed by atoms with Gasteiger partial charge in [0.15, 0.2) is 0 Å². The minimum absolute atomic E-state index is 0.992. The average Bonchev–Trinajstić information content (AvgIpc) is 3.60. The largest absolute Gasteiger partial charge is 0.355 e. The number of hydrogen-bond donors (Lipinski definition) is 4. The molecule has 0 aliphatic carbocycles. The monoisotopic (exact) mass is 558 g/mol. The molecule has 0 radical (unpaired) electrons. The van der Waals surface area contributed by atoms with Crippen molar-refractivity contribution in [2.75, 3.05) is 0 Å². The average molecular weight is 560 g/mol. The Labute approximate surface area is 227 Å². The molecule has 0 saturated heterocycles. The summed E-state index contributed by atoms with van der Waals surface area (Å²) in [7, 11) is 0. The van der Waals surface area contributed by atoms with E-state index in [1.807, 2.05) is 0 Å². The summed E-state index contributed by atoms with van der Waals surface area (Å²) in [6.45, 7) is 13.6. The molecule has 4 nitrogen and oxygen atoms in total. The highest BCUT2D eigenvalue weighted by Crippen LogP contribution is 2.23. The molecule has 4 N–H and O–H groups in total. The first kappa shape index (κ1) is 25.7. The number of rotatable bonds is 6. The first-order valence-corrected chi connectivity index (χ1v) is 14.7. The van der Waals surface area contributed by atoms with Gasteiger partial charge in [-0.2, -0.15) is 0 Å².